The number of urea groups is 1. The molecule has 8 heteroatoms. The van der Waals surface area contributed by atoms with Gasteiger partial charge >= 0.3 is 12.0 Å². The fourth-order valence-electron chi connectivity index (χ4n) is 1.17. The van der Waals surface area contributed by atoms with Crippen molar-refractivity contribution in [2.45, 2.75) is 20.0 Å². The molecule has 104 valence electrons. The largest absolute Gasteiger partial charge is 0.480 e. The highest BCUT2D eigenvalue weighted by Crippen LogP contribution is 2.22. The highest BCUT2D eigenvalue weighted by Gasteiger charge is 2.18. The highest BCUT2D eigenvalue weighted by molar-refractivity contribution is 7.12. The summed E-state index contributed by atoms with van der Waals surface area (Å²) in [6, 6.07) is 0.725. The topological polar surface area (TPSA) is 105 Å². The van der Waals surface area contributed by atoms with Crippen molar-refractivity contribution in [3.8, 4) is 5.75 Å². The summed E-state index contributed by atoms with van der Waals surface area (Å²) in [7, 11) is 0. The van der Waals surface area contributed by atoms with E-state index in [2.05, 4.69) is 10.6 Å². The first kappa shape index (κ1) is 15.0. The van der Waals surface area contributed by atoms with Crippen LogP contribution in [0.15, 0.2) is 11.4 Å². The van der Waals surface area contributed by atoms with Gasteiger partial charge in [-0.15, -0.1) is 11.3 Å². The van der Waals surface area contributed by atoms with Crippen LogP contribution in [0.25, 0.3) is 0 Å². The van der Waals surface area contributed by atoms with E-state index in [-0.39, 0.29) is 10.6 Å². The first-order valence-electron chi connectivity index (χ1n) is 5.51. The van der Waals surface area contributed by atoms with Crippen molar-refractivity contribution in [3.05, 3.63) is 16.3 Å². The Balaban J connectivity index is 2.53. The summed E-state index contributed by atoms with van der Waals surface area (Å²) in [4.78, 5) is 33.5. The van der Waals surface area contributed by atoms with Gasteiger partial charge in [-0.25, -0.2) is 9.59 Å². The fourth-order valence-corrected chi connectivity index (χ4v) is 1.82. The fraction of sp³-hybridized carbons (Fsp3) is 0.364. The lowest BCUT2D eigenvalue weighted by atomic mass is 10.3. The van der Waals surface area contributed by atoms with Crippen LogP contribution in [0, 0.1) is 0 Å². The van der Waals surface area contributed by atoms with Crippen LogP contribution in [0.1, 0.15) is 23.5 Å². The second-order valence-electron chi connectivity index (χ2n) is 3.56. The number of thiophene rings is 1. The molecular formula is C11H14N2O5S. The smallest absolute Gasteiger partial charge is 0.346 e. The van der Waals surface area contributed by atoms with Crippen molar-refractivity contribution < 1.29 is 24.2 Å². The number of carboxylic acids is 1. The monoisotopic (exact) mass is 286 g/mol. The zero-order valence-electron chi connectivity index (χ0n) is 10.4. The second kappa shape index (κ2) is 6.74. The molecular weight excluding hydrogens is 272 g/mol. The van der Waals surface area contributed by atoms with Crippen LogP contribution in [0.2, 0.25) is 0 Å². The number of carbonyl (C=O) groups is 3. The Labute approximate surface area is 113 Å². The normalized spacial score (nSPS) is 11.5. The number of hydrogen-bond donors (Lipinski definition) is 3. The molecule has 3 N–H and O–H groups in total. The lowest BCUT2D eigenvalue weighted by Gasteiger charge is -2.12. The first-order valence-corrected chi connectivity index (χ1v) is 6.39. The van der Waals surface area contributed by atoms with E-state index in [1.807, 2.05) is 0 Å². The van der Waals surface area contributed by atoms with Crippen LogP contribution in [0.4, 0.5) is 4.79 Å². The molecule has 1 aromatic rings. The van der Waals surface area contributed by atoms with Crippen molar-refractivity contribution >= 4 is 29.2 Å². The number of rotatable bonds is 5. The van der Waals surface area contributed by atoms with Crippen LogP contribution in [0.5, 0.6) is 5.75 Å². The number of carboxylic acid groups (broad SMARTS) is 1. The van der Waals surface area contributed by atoms with E-state index in [9.17, 15) is 14.4 Å². The number of ether oxygens (including phenoxy) is 1. The summed E-state index contributed by atoms with van der Waals surface area (Å²) < 4.78 is 5.24. The molecule has 0 bridgehead atoms. The molecule has 19 heavy (non-hydrogen) atoms. The van der Waals surface area contributed by atoms with Gasteiger partial charge in [0.2, 0.25) is 0 Å². The van der Waals surface area contributed by atoms with Gasteiger partial charge in [0, 0.05) is 18.0 Å². The summed E-state index contributed by atoms with van der Waals surface area (Å²) >= 11 is 0.998. The predicted molar refractivity (Wildman–Crippen MR) is 68.6 cm³/mol. The van der Waals surface area contributed by atoms with Crippen molar-refractivity contribution in [3.63, 3.8) is 0 Å². The third-order valence-corrected chi connectivity index (χ3v) is 2.94. The van der Waals surface area contributed by atoms with Crippen LogP contribution in [-0.2, 0) is 4.79 Å². The average molecular weight is 286 g/mol. The number of aromatic carboxylic acids is 1. The highest BCUT2D eigenvalue weighted by atomic mass is 32.1. The minimum Gasteiger partial charge on any atom is -0.480 e. The molecule has 0 radical (unpaired) electrons. The second-order valence-corrected chi connectivity index (χ2v) is 4.47. The van der Waals surface area contributed by atoms with E-state index in [0.717, 1.165) is 11.3 Å². The summed E-state index contributed by atoms with van der Waals surface area (Å²) in [6.07, 6.45) is -0.904. The van der Waals surface area contributed by atoms with Gasteiger partial charge in [0.05, 0.1) is 0 Å². The molecule has 0 saturated carbocycles. The van der Waals surface area contributed by atoms with E-state index in [1.165, 1.54) is 18.4 Å². The van der Waals surface area contributed by atoms with Crippen molar-refractivity contribution in [1.82, 2.24) is 10.6 Å². The zero-order valence-corrected chi connectivity index (χ0v) is 11.2. The third kappa shape index (κ3) is 4.59. The van der Waals surface area contributed by atoms with Crippen LogP contribution in [-0.4, -0.2) is 35.7 Å². The molecule has 0 fully saturated rings. The molecule has 1 heterocycles. The van der Waals surface area contributed by atoms with E-state index >= 15 is 0 Å². The van der Waals surface area contributed by atoms with Gasteiger partial charge in [-0.2, -0.15) is 0 Å². The van der Waals surface area contributed by atoms with E-state index in [1.54, 1.807) is 6.92 Å². The van der Waals surface area contributed by atoms with Crippen molar-refractivity contribution in [2.24, 2.45) is 0 Å². The summed E-state index contributed by atoms with van der Waals surface area (Å²) in [5.74, 6) is -1.38. The Hall–Kier alpha value is -2.09. The maximum Gasteiger partial charge on any atom is 0.346 e. The molecule has 0 aromatic carbocycles. The molecule has 0 saturated heterocycles. The Morgan fingerprint density at radius 2 is 2.16 bits per heavy atom. The third-order valence-electron chi connectivity index (χ3n) is 2.04. The number of nitrogens with one attached hydrogen (secondary N) is 2. The van der Waals surface area contributed by atoms with Crippen LogP contribution >= 0.6 is 11.3 Å². The van der Waals surface area contributed by atoms with Gasteiger partial charge in [0.15, 0.2) is 6.10 Å². The lowest BCUT2D eigenvalue weighted by molar-refractivity contribution is -0.126. The van der Waals surface area contributed by atoms with E-state index in [0.29, 0.717) is 6.54 Å². The number of carbonyl (C=O) groups excluding carboxylic acids is 2. The van der Waals surface area contributed by atoms with Crippen LogP contribution < -0.4 is 15.4 Å². The Morgan fingerprint density at radius 3 is 2.68 bits per heavy atom. The lowest BCUT2D eigenvalue weighted by Crippen LogP contribution is -2.45. The summed E-state index contributed by atoms with van der Waals surface area (Å²) in [5.41, 5.74) is 0. The van der Waals surface area contributed by atoms with E-state index < -0.39 is 24.0 Å². The minimum atomic E-state index is -1.06. The molecule has 3 amide bonds. The Kier molecular flexibility index (Phi) is 5.31. The molecule has 0 spiro atoms. The van der Waals surface area contributed by atoms with Crippen molar-refractivity contribution in [1.29, 1.82) is 0 Å². The molecule has 1 unspecified atom stereocenters. The molecule has 7 nitrogen and oxygen atoms in total. The molecule has 1 aromatic heterocycles. The number of hydrogen-bond acceptors (Lipinski definition) is 5. The van der Waals surface area contributed by atoms with Crippen molar-refractivity contribution in [2.75, 3.05) is 6.54 Å². The van der Waals surface area contributed by atoms with Crippen LogP contribution in [0.3, 0.4) is 0 Å². The van der Waals surface area contributed by atoms with Gasteiger partial charge in [0.1, 0.15) is 10.6 Å². The summed E-state index contributed by atoms with van der Waals surface area (Å²) in [5, 5.41) is 14.7. The average Bonchev–Trinajstić information content (AvgIpc) is 2.77. The van der Waals surface area contributed by atoms with Gasteiger partial charge in [-0.3, -0.25) is 10.1 Å². The molecule has 0 aliphatic carbocycles. The predicted octanol–water partition coefficient (Wildman–Crippen LogP) is 1.06. The van der Waals surface area contributed by atoms with Gasteiger partial charge in [0.25, 0.3) is 5.91 Å². The molecule has 1 atom stereocenters. The first-order chi connectivity index (χ1) is 8.93. The minimum absolute atomic E-state index is 0.117. The SMILES string of the molecule is CCNC(=O)NC(=O)C(C)Oc1csc(C(=O)O)c1. The molecule has 0 aliphatic heterocycles. The van der Waals surface area contributed by atoms with Gasteiger partial charge in [-0.05, 0) is 13.8 Å². The Morgan fingerprint density at radius 1 is 1.47 bits per heavy atom. The van der Waals surface area contributed by atoms with E-state index in [4.69, 9.17) is 9.84 Å². The number of amides is 3. The number of imide groups is 1. The van der Waals surface area contributed by atoms with Gasteiger partial charge in [-0.1, -0.05) is 0 Å². The summed E-state index contributed by atoms with van der Waals surface area (Å²) in [6.45, 7) is 3.59. The maximum absolute atomic E-state index is 11.6. The van der Waals surface area contributed by atoms with Gasteiger partial charge < -0.3 is 15.2 Å². The zero-order chi connectivity index (χ0) is 14.4. The Bertz CT molecular complexity index is 485. The molecule has 0 aliphatic rings. The standard InChI is InChI=1S/C11H14N2O5S/c1-3-12-11(17)13-9(14)6(2)18-7-4-8(10(15)16)19-5-7/h4-6H,3H2,1-2H3,(H,15,16)(H2,12,13,14,17). The molecule has 1 rings (SSSR count). The maximum atomic E-state index is 11.6. The quantitative estimate of drug-likeness (QED) is 0.750.